The van der Waals surface area contributed by atoms with Crippen molar-refractivity contribution >= 4 is 17.9 Å². The van der Waals surface area contributed by atoms with Gasteiger partial charge in [-0.05, 0) is 37.5 Å². The molecule has 0 bridgehead atoms. The van der Waals surface area contributed by atoms with Crippen LogP contribution >= 0.6 is 0 Å². The zero-order chi connectivity index (χ0) is 18.4. The van der Waals surface area contributed by atoms with Crippen LogP contribution in [-0.2, 0) is 6.42 Å². The van der Waals surface area contributed by atoms with Crippen LogP contribution < -0.4 is 15.9 Å². The van der Waals surface area contributed by atoms with Crippen LogP contribution in [0, 0.1) is 6.92 Å². The lowest BCUT2D eigenvalue weighted by Crippen LogP contribution is -2.24. The van der Waals surface area contributed by atoms with E-state index < -0.39 is 5.91 Å². The first-order chi connectivity index (χ1) is 12.0. The Morgan fingerprint density at radius 2 is 2.00 bits per heavy atom. The molecule has 0 unspecified atom stereocenters. The van der Waals surface area contributed by atoms with Gasteiger partial charge in [0.05, 0.1) is 18.0 Å². The molecule has 3 N–H and O–H groups in total. The van der Waals surface area contributed by atoms with Crippen molar-refractivity contribution in [3.8, 4) is 5.75 Å². The second-order valence-corrected chi connectivity index (χ2v) is 5.86. The highest BCUT2D eigenvalue weighted by Crippen LogP contribution is 2.28. The number of aromatic nitrogens is 1. The van der Waals surface area contributed by atoms with Crippen LogP contribution in [0.3, 0.4) is 0 Å². The molecule has 0 aliphatic heterocycles. The summed E-state index contributed by atoms with van der Waals surface area (Å²) in [5.41, 5.74) is 11.6. The number of benzene rings is 1. The fourth-order valence-electron chi connectivity index (χ4n) is 2.84. The number of nitrogens with zero attached hydrogens (tertiary/aromatic N) is 1. The zero-order valence-corrected chi connectivity index (χ0v) is 15.0. The quantitative estimate of drug-likeness (QED) is 0.684. The Labute approximate surface area is 147 Å². The molecule has 1 aromatic heterocycles. The van der Waals surface area contributed by atoms with Gasteiger partial charge in [-0.3, -0.25) is 19.7 Å². The van der Waals surface area contributed by atoms with Crippen molar-refractivity contribution < 1.29 is 14.3 Å². The predicted octanol–water partition coefficient (Wildman–Crippen LogP) is 3.32. The maximum atomic E-state index is 12.0. The summed E-state index contributed by atoms with van der Waals surface area (Å²) >= 11 is 0. The predicted molar refractivity (Wildman–Crippen MR) is 98.3 cm³/mol. The van der Waals surface area contributed by atoms with Crippen LogP contribution in [0.25, 0.3) is 0 Å². The lowest BCUT2D eigenvalue weighted by Gasteiger charge is -2.18. The minimum atomic E-state index is -0.581. The van der Waals surface area contributed by atoms with Crippen molar-refractivity contribution in [1.82, 2.24) is 4.68 Å². The molecule has 0 radical (unpaired) electrons. The number of hydrogen-bond donors (Lipinski definition) is 2. The number of carbonyl (C=O) groups excluding carboxylic acids is 2. The fourth-order valence-corrected chi connectivity index (χ4v) is 2.84. The molecule has 2 rings (SSSR count). The van der Waals surface area contributed by atoms with Crippen molar-refractivity contribution in [2.75, 3.05) is 12.0 Å². The number of nitrogens with one attached hydrogen (secondary N) is 1. The molecule has 0 fully saturated rings. The molecule has 0 saturated carbocycles. The van der Waals surface area contributed by atoms with E-state index in [-0.39, 0.29) is 5.69 Å². The van der Waals surface area contributed by atoms with Crippen LogP contribution in [0.1, 0.15) is 58.8 Å². The summed E-state index contributed by atoms with van der Waals surface area (Å²) in [6.07, 6.45) is 3.15. The number of hydrogen-bond acceptors (Lipinski definition) is 4. The van der Waals surface area contributed by atoms with E-state index in [4.69, 9.17) is 10.5 Å². The van der Waals surface area contributed by atoms with Crippen LogP contribution in [0.2, 0.25) is 0 Å². The number of anilines is 1. The van der Waals surface area contributed by atoms with Crippen molar-refractivity contribution in [3.63, 3.8) is 0 Å². The number of carbonyl (C=O) groups is 2. The molecule has 6 heteroatoms. The lowest BCUT2D eigenvalue weighted by molar-refractivity contribution is 0.0992. The number of rotatable bonds is 9. The zero-order valence-electron chi connectivity index (χ0n) is 15.0. The summed E-state index contributed by atoms with van der Waals surface area (Å²) in [6, 6.07) is 7.48. The average Bonchev–Trinajstić information content (AvgIpc) is 2.85. The van der Waals surface area contributed by atoms with Gasteiger partial charge < -0.3 is 10.5 Å². The van der Waals surface area contributed by atoms with E-state index in [0.717, 1.165) is 24.8 Å². The fraction of sp³-hybridized carbons (Fsp3) is 0.368. The number of para-hydroxylation sites is 2. The van der Waals surface area contributed by atoms with Crippen LogP contribution in [0.4, 0.5) is 5.69 Å². The van der Waals surface area contributed by atoms with Gasteiger partial charge in [-0.15, -0.1) is 0 Å². The number of amides is 1. The molecule has 0 atom stereocenters. The molecule has 6 nitrogen and oxygen atoms in total. The Morgan fingerprint density at radius 1 is 1.28 bits per heavy atom. The van der Waals surface area contributed by atoms with E-state index in [2.05, 4.69) is 5.43 Å². The molecule has 25 heavy (non-hydrogen) atoms. The Morgan fingerprint density at radius 3 is 2.60 bits per heavy atom. The van der Waals surface area contributed by atoms with Gasteiger partial charge >= 0.3 is 0 Å². The minimum absolute atomic E-state index is 0.288. The molecule has 0 aliphatic rings. The average molecular weight is 343 g/mol. The van der Waals surface area contributed by atoms with Gasteiger partial charge in [0.25, 0.3) is 5.91 Å². The minimum Gasteiger partial charge on any atom is -0.491 e. The summed E-state index contributed by atoms with van der Waals surface area (Å²) in [5, 5.41) is 0. The first-order valence-electron chi connectivity index (χ1n) is 8.53. The molecule has 0 spiro atoms. The Kier molecular flexibility index (Phi) is 6.22. The molecular weight excluding hydrogens is 318 g/mol. The third-order valence-electron chi connectivity index (χ3n) is 3.98. The second-order valence-electron chi connectivity index (χ2n) is 5.86. The maximum Gasteiger partial charge on any atom is 0.267 e. The van der Waals surface area contributed by atoms with E-state index in [9.17, 15) is 9.59 Å². The summed E-state index contributed by atoms with van der Waals surface area (Å²) in [7, 11) is 0. The van der Waals surface area contributed by atoms with Gasteiger partial charge in [0, 0.05) is 5.56 Å². The third kappa shape index (κ3) is 3.84. The van der Waals surface area contributed by atoms with Crippen molar-refractivity contribution in [2.45, 2.75) is 40.0 Å². The molecule has 0 aliphatic carbocycles. The van der Waals surface area contributed by atoms with Gasteiger partial charge in [-0.2, -0.15) is 0 Å². The normalized spacial score (nSPS) is 10.5. The number of aldehydes is 1. The standard InChI is InChI=1S/C19H25N3O3/c1-4-8-16-14(12-23)13(3)18(19(20)24)22(16)21-15-9-6-7-10-17(15)25-11-5-2/h6-7,9-10,12,21H,4-5,8,11H2,1-3H3,(H2,20,24). The molecule has 1 aromatic carbocycles. The number of ether oxygens (including phenoxy) is 1. The van der Waals surface area contributed by atoms with Gasteiger partial charge in [0.1, 0.15) is 11.4 Å². The Balaban J connectivity index is 2.55. The molecule has 0 saturated heterocycles. The van der Waals surface area contributed by atoms with Gasteiger partial charge in [-0.25, -0.2) is 0 Å². The lowest BCUT2D eigenvalue weighted by atomic mass is 10.1. The third-order valence-corrected chi connectivity index (χ3v) is 3.98. The van der Waals surface area contributed by atoms with E-state index in [0.29, 0.717) is 35.6 Å². The Bertz CT molecular complexity index is 766. The summed E-state index contributed by atoms with van der Waals surface area (Å²) in [4.78, 5) is 23.5. The molecule has 2 aromatic rings. The summed E-state index contributed by atoms with van der Waals surface area (Å²) in [5.74, 6) is 0.101. The molecular formula is C19H25N3O3. The van der Waals surface area contributed by atoms with E-state index in [1.807, 2.05) is 38.1 Å². The van der Waals surface area contributed by atoms with Gasteiger partial charge in [0.2, 0.25) is 0 Å². The first-order valence-corrected chi connectivity index (χ1v) is 8.53. The highest BCUT2D eigenvalue weighted by atomic mass is 16.5. The van der Waals surface area contributed by atoms with Crippen LogP contribution in [0.15, 0.2) is 24.3 Å². The topological polar surface area (TPSA) is 86.3 Å². The smallest absolute Gasteiger partial charge is 0.267 e. The molecule has 134 valence electrons. The second kappa shape index (κ2) is 8.37. The highest BCUT2D eigenvalue weighted by Gasteiger charge is 2.23. The highest BCUT2D eigenvalue weighted by molar-refractivity contribution is 5.97. The molecule has 1 heterocycles. The van der Waals surface area contributed by atoms with E-state index in [1.54, 1.807) is 11.6 Å². The monoisotopic (exact) mass is 343 g/mol. The van der Waals surface area contributed by atoms with Gasteiger partial charge in [-0.1, -0.05) is 32.4 Å². The molecule has 1 amide bonds. The number of primary amides is 1. The van der Waals surface area contributed by atoms with E-state index in [1.165, 1.54) is 0 Å². The largest absolute Gasteiger partial charge is 0.491 e. The van der Waals surface area contributed by atoms with Crippen LogP contribution in [0.5, 0.6) is 5.75 Å². The van der Waals surface area contributed by atoms with Crippen molar-refractivity contribution in [3.05, 3.63) is 46.8 Å². The first kappa shape index (κ1) is 18.6. The Hall–Kier alpha value is -2.76. The van der Waals surface area contributed by atoms with Crippen molar-refractivity contribution in [2.24, 2.45) is 5.73 Å². The van der Waals surface area contributed by atoms with Crippen LogP contribution in [-0.4, -0.2) is 23.5 Å². The van der Waals surface area contributed by atoms with Crippen molar-refractivity contribution in [1.29, 1.82) is 0 Å². The maximum absolute atomic E-state index is 12.0. The van der Waals surface area contributed by atoms with Gasteiger partial charge in [0.15, 0.2) is 6.29 Å². The summed E-state index contributed by atoms with van der Waals surface area (Å²) in [6.45, 7) is 6.38. The number of nitrogens with two attached hydrogens (primary N) is 1. The summed E-state index contributed by atoms with van der Waals surface area (Å²) < 4.78 is 7.38. The van der Waals surface area contributed by atoms with E-state index >= 15 is 0 Å². The SMILES string of the molecule is CCCOc1ccccc1Nn1c(CCC)c(C=O)c(C)c1C(N)=O.